The number of benzene rings is 1. The van der Waals surface area contributed by atoms with Crippen LogP contribution in [-0.2, 0) is 14.4 Å². The maximum atomic E-state index is 12.6. The fraction of sp³-hybridized carbons (Fsp3) is 0.471. The summed E-state index contributed by atoms with van der Waals surface area (Å²) in [6.07, 6.45) is 0.618. The second kappa shape index (κ2) is 7.62. The molecule has 0 aromatic heterocycles. The molecule has 1 fully saturated rings. The Morgan fingerprint density at radius 1 is 1.32 bits per heavy atom. The lowest BCUT2D eigenvalue weighted by molar-refractivity contribution is -0.138. The molecule has 2 N–H and O–H groups in total. The number of nitrogens with one attached hydrogen (secondary N) is 1. The van der Waals surface area contributed by atoms with Crippen LogP contribution in [0.5, 0.6) is 0 Å². The van der Waals surface area contributed by atoms with Crippen LogP contribution in [0.2, 0.25) is 10.0 Å². The Morgan fingerprint density at radius 2 is 2.00 bits per heavy atom. The molecule has 1 heterocycles. The Kier molecular flexibility index (Phi) is 5.95. The van der Waals surface area contributed by atoms with E-state index in [1.165, 1.54) is 4.90 Å². The molecule has 0 saturated carbocycles. The third kappa shape index (κ3) is 4.86. The molecule has 1 aromatic rings. The third-order valence-electron chi connectivity index (χ3n) is 4.16. The lowest BCUT2D eigenvalue weighted by Gasteiger charge is -2.27. The minimum atomic E-state index is -0.926. The summed E-state index contributed by atoms with van der Waals surface area (Å²) < 4.78 is 0. The fourth-order valence-corrected chi connectivity index (χ4v) is 3.03. The molecule has 2 amide bonds. The van der Waals surface area contributed by atoms with Gasteiger partial charge in [0.05, 0.1) is 10.0 Å². The van der Waals surface area contributed by atoms with Gasteiger partial charge in [0.25, 0.3) is 0 Å². The van der Waals surface area contributed by atoms with Crippen molar-refractivity contribution < 1.29 is 19.5 Å². The van der Waals surface area contributed by atoms with E-state index in [2.05, 4.69) is 5.32 Å². The molecular formula is C17H20Cl2N2O4. The molecule has 0 radical (unpaired) electrons. The number of carboxylic acid groups (broad SMARTS) is 1. The molecular weight excluding hydrogens is 367 g/mol. The van der Waals surface area contributed by atoms with Crippen molar-refractivity contribution in [3.63, 3.8) is 0 Å². The van der Waals surface area contributed by atoms with E-state index in [4.69, 9.17) is 28.3 Å². The van der Waals surface area contributed by atoms with E-state index in [-0.39, 0.29) is 24.7 Å². The number of anilines is 1. The standard InChI is InChI=1S/C17H20Cl2N2O4/c1-17(2,7-5-14(22)23)20-15(24)11-6-8-21(16(11)25)10-3-4-12(18)13(19)9-10/h3-4,9,11H,5-8H2,1-2H3,(H,20,24)(H,22,23). The minimum absolute atomic E-state index is 0.0543. The molecule has 0 spiro atoms. The summed E-state index contributed by atoms with van der Waals surface area (Å²) in [4.78, 5) is 37.3. The number of nitrogens with zero attached hydrogens (tertiary/aromatic N) is 1. The quantitative estimate of drug-likeness (QED) is 0.735. The summed E-state index contributed by atoms with van der Waals surface area (Å²) in [5.41, 5.74) is -0.105. The van der Waals surface area contributed by atoms with Gasteiger partial charge in [0, 0.05) is 24.2 Å². The maximum absolute atomic E-state index is 12.6. The van der Waals surface area contributed by atoms with Crippen LogP contribution in [-0.4, -0.2) is 35.0 Å². The van der Waals surface area contributed by atoms with Crippen molar-refractivity contribution in [1.82, 2.24) is 5.32 Å². The molecule has 6 nitrogen and oxygen atoms in total. The van der Waals surface area contributed by atoms with Crippen LogP contribution in [0.4, 0.5) is 5.69 Å². The molecule has 1 atom stereocenters. The van der Waals surface area contributed by atoms with Gasteiger partial charge in [-0.3, -0.25) is 14.4 Å². The smallest absolute Gasteiger partial charge is 0.303 e. The highest BCUT2D eigenvalue weighted by molar-refractivity contribution is 6.42. The van der Waals surface area contributed by atoms with E-state index in [0.29, 0.717) is 28.7 Å². The first-order chi connectivity index (χ1) is 11.6. The van der Waals surface area contributed by atoms with Crippen LogP contribution in [0.3, 0.4) is 0 Å². The molecule has 0 bridgehead atoms. The van der Waals surface area contributed by atoms with Crippen LogP contribution in [0.1, 0.15) is 33.1 Å². The van der Waals surface area contributed by atoms with Crippen molar-refractivity contribution >= 4 is 46.7 Å². The Morgan fingerprint density at radius 3 is 2.60 bits per heavy atom. The second-order valence-electron chi connectivity index (χ2n) is 6.70. The number of carbonyl (C=O) groups is 3. The molecule has 136 valence electrons. The topological polar surface area (TPSA) is 86.7 Å². The van der Waals surface area contributed by atoms with Gasteiger partial charge in [0.2, 0.25) is 11.8 Å². The van der Waals surface area contributed by atoms with Gasteiger partial charge in [-0.05, 0) is 44.9 Å². The van der Waals surface area contributed by atoms with Gasteiger partial charge in [-0.15, -0.1) is 0 Å². The molecule has 2 rings (SSSR count). The average Bonchev–Trinajstić information content (AvgIpc) is 2.89. The average molecular weight is 387 g/mol. The number of amides is 2. The fourth-order valence-electron chi connectivity index (χ4n) is 2.74. The zero-order valence-electron chi connectivity index (χ0n) is 14.0. The minimum Gasteiger partial charge on any atom is -0.481 e. The summed E-state index contributed by atoms with van der Waals surface area (Å²) in [6, 6.07) is 4.89. The maximum Gasteiger partial charge on any atom is 0.303 e. The lowest BCUT2D eigenvalue weighted by Crippen LogP contribution is -2.48. The highest BCUT2D eigenvalue weighted by Gasteiger charge is 2.39. The number of carboxylic acids is 1. The first-order valence-corrected chi connectivity index (χ1v) is 8.66. The predicted octanol–water partition coefficient (Wildman–Crippen LogP) is 3.11. The Bertz CT molecular complexity index is 706. The summed E-state index contributed by atoms with van der Waals surface area (Å²) in [5, 5.41) is 12.3. The Hall–Kier alpha value is -1.79. The number of rotatable bonds is 6. The van der Waals surface area contributed by atoms with E-state index < -0.39 is 17.4 Å². The van der Waals surface area contributed by atoms with Gasteiger partial charge in [-0.2, -0.15) is 0 Å². The predicted molar refractivity (Wildman–Crippen MR) is 96.0 cm³/mol. The van der Waals surface area contributed by atoms with Crippen molar-refractivity contribution in [1.29, 1.82) is 0 Å². The van der Waals surface area contributed by atoms with E-state index in [0.717, 1.165) is 0 Å². The highest BCUT2D eigenvalue weighted by Crippen LogP contribution is 2.31. The Balaban J connectivity index is 2.04. The molecule has 25 heavy (non-hydrogen) atoms. The van der Waals surface area contributed by atoms with Gasteiger partial charge in [-0.25, -0.2) is 0 Å². The van der Waals surface area contributed by atoms with Crippen molar-refractivity contribution in [3.05, 3.63) is 28.2 Å². The van der Waals surface area contributed by atoms with E-state index in [1.54, 1.807) is 32.0 Å². The lowest BCUT2D eigenvalue weighted by atomic mass is 9.96. The second-order valence-corrected chi connectivity index (χ2v) is 7.51. The molecule has 1 unspecified atom stereocenters. The van der Waals surface area contributed by atoms with Gasteiger partial charge >= 0.3 is 5.97 Å². The van der Waals surface area contributed by atoms with Crippen LogP contribution in [0.15, 0.2) is 18.2 Å². The van der Waals surface area contributed by atoms with Crippen molar-refractivity contribution in [2.24, 2.45) is 5.92 Å². The van der Waals surface area contributed by atoms with Crippen LogP contribution in [0.25, 0.3) is 0 Å². The van der Waals surface area contributed by atoms with Crippen molar-refractivity contribution in [2.45, 2.75) is 38.6 Å². The van der Waals surface area contributed by atoms with Gasteiger partial charge in [-0.1, -0.05) is 23.2 Å². The number of hydrogen-bond donors (Lipinski definition) is 2. The van der Waals surface area contributed by atoms with Crippen molar-refractivity contribution in [2.75, 3.05) is 11.4 Å². The SMILES string of the molecule is CC(C)(CCC(=O)O)NC(=O)C1CCN(c2ccc(Cl)c(Cl)c2)C1=O. The van der Waals surface area contributed by atoms with Crippen molar-refractivity contribution in [3.8, 4) is 0 Å². The number of halogens is 2. The molecule has 1 aliphatic rings. The van der Waals surface area contributed by atoms with Crippen LogP contribution >= 0.6 is 23.2 Å². The summed E-state index contributed by atoms with van der Waals surface area (Å²) >= 11 is 11.9. The van der Waals surface area contributed by atoms with Gasteiger partial charge in [0.1, 0.15) is 5.92 Å². The van der Waals surface area contributed by atoms with E-state index >= 15 is 0 Å². The Labute approximate surface area is 156 Å². The molecule has 1 aromatic carbocycles. The zero-order chi connectivity index (χ0) is 18.8. The van der Waals surface area contributed by atoms with E-state index in [1.807, 2.05) is 0 Å². The first kappa shape index (κ1) is 19.5. The van der Waals surface area contributed by atoms with Crippen LogP contribution in [0, 0.1) is 5.92 Å². The largest absolute Gasteiger partial charge is 0.481 e. The molecule has 1 saturated heterocycles. The summed E-state index contributed by atoms with van der Waals surface area (Å²) in [7, 11) is 0. The first-order valence-electron chi connectivity index (χ1n) is 7.91. The molecule has 0 aliphatic carbocycles. The molecule has 8 heteroatoms. The number of aliphatic carboxylic acids is 1. The van der Waals surface area contributed by atoms with Crippen LogP contribution < -0.4 is 10.2 Å². The van der Waals surface area contributed by atoms with Gasteiger partial charge < -0.3 is 15.3 Å². The third-order valence-corrected chi connectivity index (χ3v) is 4.90. The molecule has 1 aliphatic heterocycles. The monoisotopic (exact) mass is 386 g/mol. The summed E-state index contributed by atoms with van der Waals surface area (Å²) in [6.45, 7) is 3.89. The normalized spacial score (nSPS) is 17.7. The summed E-state index contributed by atoms with van der Waals surface area (Å²) in [5.74, 6) is -2.41. The van der Waals surface area contributed by atoms with Gasteiger partial charge in [0.15, 0.2) is 0 Å². The van der Waals surface area contributed by atoms with E-state index in [9.17, 15) is 14.4 Å². The number of carbonyl (C=O) groups excluding carboxylic acids is 2. The number of hydrogen-bond acceptors (Lipinski definition) is 3. The highest BCUT2D eigenvalue weighted by atomic mass is 35.5. The zero-order valence-corrected chi connectivity index (χ0v) is 15.5.